The van der Waals surface area contributed by atoms with Crippen LogP contribution in [-0.2, 0) is 14.3 Å². The van der Waals surface area contributed by atoms with E-state index in [1.165, 1.54) is 15.9 Å². The molecule has 0 bridgehead atoms. The fourth-order valence-corrected chi connectivity index (χ4v) is 3.88. The number of carbonyl (C=O) groups excluding carboxylic acids is 3. The second kappa shape index (κ2) is 12.7. The zero-order valence-corrected chi connectivity index (χ0v) is 21.1. The third-order valence-corrected chi connectivity index (χ3v) is 5.78. The zero-order valence-electron chi connectivity index (χ0n) is 21.1. The first kappa shape index (κ1) is 27.4. The lowest BCUT2D eigenvalue weighted by Gasteiger charge is -2.35. The summed E-state index contributed by atoms with van der Waals surface area (Å²) in [5, 5.41) is 11.8. The van der Waals surface area contributed by atoms with Crippen molar-refractivity contribution in [1.29, 1.82) is 0 Å². The number of ether oxygens (including phenoxy) is 2. The number of carbonyl (C=O) groups is 4. The number of aliphatic carboxylic acids is 1. The summed E-state index contributed by atoms with van der Waals surface area (Å²) in [5.74, 6) is -1.21. The number of benzene rings is 1. The first-order valence-electron chi connectivity index (χ1n) is 11.9. The Hall–Kier alpha value is -4.22. The number of piperazine rings is 1. The molecule has 1 fully saturated rings. The molecule has 0 spiro atoms. The molecule has 1 aromatic carbocycles. The molecule has 12 nitrogen and oxygen atoms in total. The van der Waals surface area contributed by atoms with Gasteiger partial charge in [-0.15, -0.1) is 0 Å². The van der Waals surface area contributed by atoms with Crippen LogP contribution in [0.2, 0.25) is 0 Å². The maximum atomic E-state index is 13.2. The second-order valence-electron chi connectivity index (χ2n) is 8.42. The van der Waals surface area contributed by atoms with Gasteiger partial charge in [-0.1, -0.05) is 12.1 Å². The molecule has 0 saturated carbocycles. The Kier molecular flexibility index (Phi) is 9.36. The predicted octanol–water partition coefficient (Wildman–Crippen LogP) is 1.72. The number of nitrogens with one attached hydrogen (secondary N) is 1. The molecule has 0 radical (unpaired) electrons. The lowest BCUT2D eigenvalue weighted by atomic mass is 10.1. The summed E-state index contributed by atoms with van der Waals surface area (Å²) >= 11 is 0. The van der Waals surface area contributed by atoms with Crippen LogP contribution in [0.4, 0.5) is 4.79 Å². The van der Waals surface area contributed by atoms with E-state index >= 15 is 0 Å². The number of carboxylic acid groups (broad SMARTS) is 1. The van der Waals surface area contributed by atoms with E-state index in [0.29, 0.717) is 22.8 Å². The van der Waals surface area contributed by atoms with Crippen molar-refractivity contribution in [2.75, 3.05) is 39.9 Å². The second-order valence-corrected chi connectivity index (χ2v) is 8.42. The fourth-order valence-electron chi connectivity index (χ4n) is 3.88. The van der Waals surface area contributed by atoms with Crippen molar-refractivity contribution >= 4 is 23.9 Å². The summed E-state index contributed by atoms with van der Waals surface area (Å²) in [5.41, 5.74) is 1.24. The highest BCUT2D eigenvalue weighted by Crippen LogP contribution is 2.21. The number of hydrogen-bond donors (Lipinski definition) is 2. The molecule has 2 aromatic rings. The van der Waals surface area contributed by atoms with Crippen LogP contribution in [0.1, 0.15) is 35.9 Å². The number of aromatic nitrogens is 2. The van der Waals surface area contributed by atoms with E-state index < -0.39 is 29.9 Å². The molecule has 1 aromatic heterocycles. The average molecular weight is 514 g/mol. The van der Waals surface area contributed by atoms with E-state index in [1.807, 2.05) is 0 Å². The highest BCUT2D eigenvalue weighted by molar-refractivity contribution is 5.96. The molecule has 1 aliphatic heterocycles. The van der Waals surface area contributed by atoms with Gasteiger partial charge in [-0.2, -0.15) is 0 Å². The highest BCUT2D eigenvalue weighted by atomic mass is 16.6. The summed E-state index contributed by atoms with van der Waals surface area (Å²) in [6, 6.07) is 7.50. The van der Waals surface area contributed by atoms with Gasteiger partial charge in [-0.3, -0.25) is 14.4 Å². The topological polar surface area (TPSA) is 151 Å². The minimum atomic E-state index is -1.09. The lowest BCUT2D eigenvalue weighted by Crippen LogP contribution is -2.56. The van der Waals surface area contributed by atoms with E-state index in [4.69, 9.17) is 14.6 Å². The third-order valence-electron chi connectivity index (χ3n) is 5.78. The van der Waals surface area contributed by atoms with Gasteiger partial charge in [0.25, 0.3) is 5.91 Å². The van der Waals surface area contributed by atoms with Gasteiger partial charge in [0.15, 0.2) is 5.82 Å². The molecule has 1 atom stereocenters. The van der Waals surface area contributed by atoms with Crippen LogP contribution in [0, 0.1) is 6.92 Å². The first-order chi connectivity index (χ1) is 17.7. The molecule has 3 amide bonds. The maximum absolute atomic E-state index is 13.2. The molecule has 37 heavy (non-hydrogen) atoms. The number of methoxy groups -OCH3 is 1. The van der Waals surface area contributed by atoms with Gasteiger partial charge in [0, 0.05) is 43.9 Å². The average Bonchev–Trinajstić information content (AvgIpc) is 2.90. The molecule has 12 heteroatoms. The summed E-state index contributed by atoms with van der Waals surface area (Å²) in [7, 11) is 1.54. The molecule has 198 valence electrons. The van der Waals surface area contributed by atoms with Gasteiger partial charge < -0.3 is 29.7 Å². The molecular formula is C25H31N5O7. The van der Waals surface area contributed by atoms with Crippen LogP contribution in [0.3, 0.4) is 0 Å². The molecule has 1 unspecified atom stereocenters. The lowest BCUT2D eigenvalue weighted by molar-refractivity contribution is -0.138. The quantitative estimate of drug-likeness (QED) is 0.511. The van der Waals surface area contributed by atoms with Gasteiger partial charge >= 0.3 is 12.1 Å². The summed E-state index contributed by atoms with van der Waals surface area (Å²) < 4.78 is 10.2. The van der Waals surface area contributed by atoms with E-state index in [-0.39, 0.29) is 51.3 Å². The SMILES string of the molecule is CCOC(=O)N1CCN(C(=O)C(CCC(=O)O)NC(=O)c2cc(C)nc(-c3cccc(OC)c3)n2)CC1. The zero-order chi connectivity index (χ0) is 26.9. The first-order valence-corrected chi connectivity index (χ1v) is 11.9. The summed E-state index contributed by atoms with van der Waals surface area (Å²) in [6.45, 7) is 4.72. The molecule has 0 aliphatic carbocycles. The van der Waals surface area contributed by atoms with E-state index in [0.717, 1.165) is 0 Å². The minimum absolute atomic E-state index is 0.0468. The van der Waals surface area contributed by atoms with E-state index in [2.05, 4.69) is 15.3 Å². The van der Waals surface area contributed by atoms with Crippen molar-refractivity contribution in [3.63, 3.8) is 0 Å². The Morgan fingerprint density at radius 2 is 1.78 bits per heavy atom. The van der Waals surface area contributed by atoms with E-state index in [1.54, 1.807) is 45.2 Å². The van der Waals surface area contributed by atoms with Crippen LogP contribution in [-0.4, -0.2) is 94.7 Å². The van der Waals surface area contributed by atoms with Crippen molar-refractivity contribution in [3.8, 4) is 17.1 Å². The van der Waals surface area contributed by atoms with Gasteiger partial charge in [-0.05, 0) is 38.5 Å². The number of amides is 3. The van der Waals surface area contributed by atoms with Crippen molar-refractivity contribution in [2.24, 2.45) is 0 Å². The predicted molar refractivity (Wildman–Crippen MR) is 132 cm³/mol. The Labute approximate surface area is 214 Å². The van der Waals surface area contributed by atoms with Gasteiger partial charge in [0.1, 0.15) is 17.5 Å². The number of carboxylic acids is 1. The molecule has 1 aliphatic rings. The standard InChI is InChI=1S/C25H31N5O7/c1-4-37-25(35)30-12-10-29(11-13-30)24(34)19(8-9-21(31)32)28-23(33)20-14-16(2)26-22(27-20)17-6-5-7-18(15-17)36-3/h5-7,14-15,19H,4,8-13H2,1-3H3,(H,28,33)(H,31,32). The smallest absolute Gasteiger partial charge is 0.409 e. The summed E-state index contributed by atoms with van der Waals surface area (Å²) in [4.78, 5) is 61.3. The summed E-state index contributed by atoms with van der Waals surface area (Å²) in [6.07, 6.45) is -0.849. The number of nitrogens with zero attached hydrogens (tertiary/aromatic N) is 4. The van der Waals surface area contributed by atoms with Crippen LogP contribution in [0.25, 0.3) is 11.4 Å². The normalized spacial score (nSPS) is 14.0. The molecule has 2 heterocycles. The van der Waals surface area contributed by atoms with Gasteiger partial charge in [-0.25, -0.2) is 14.8 Å². The molecule has 3 rings (SSSR count). The van der Waals surface area contributed by atoms with Gasteiger partial charge in [0.05, 0.1) is 13.7 Å². The van der Waals surface area contributed by atoms with E-state index in [9.17, 15) is 19.2 Å². The fraction of sp³-hybridized carbons (Fsp3) is 0.440. The van der Waals surface area contributed by atoms with Crippen molar-refractivity contribution in [2.45, 2.75) is 32.7 Å². The van der Waals surface area contributed by atoms with Crippen molar-refractivity contribution in [3.05, 3.63) is 41.7 Å². The number of aryl methyl sites for hydroxylation is 1. The maximum Gasteiger partial charge on any atom is 0.409 e. The Bertz CT molecular complexity index is 1150. The third kappa shape index (κ3) is 7.38. The Morgan fingerprint density at radius 3 is 2.43 bits per heavy atom. The van der Waals surface area contributed by atoms with Crippen molar-refractivity contribution in [1.82, 2.24) is 25.1 Å². The van der Waals surface area contributed by atoms with Crippen LogP contribution in [0.15, 0.2) is 30.3 Å². The number of rotatable bonds is 9. The van der Waals surface area contributed by atoms with Crippen LogP contribution < -0.4 is 10.1 Å². The number of hydrogen-bond acceptors (Lipinski definition) is 8. The Morgan fingerprint density at radius 1 is 1.08 bits per heavy atom. The van der Waals surface area contributed by atoms with Crippen LogP contribution in [0.5, 0.6) is 5.75 Å². The molecular weight excluding hydrogens is 482 g/mol. The minimum Gasteiger partial charge on any atom is -0.497 e. The Balaban J connectivity index is 1.76. The largest absolute Gasteiger partial charge is 0.497 e. The molecule has 2 N–H and O–H groups in total. The van der Waals surface area contributed by atoms with Gasteiger partial charge in [0.2, 0.25) is 5.91 Å². The van der Waals surface area contributed by atoms with Crippen molar-refractivity contribution < 1.29 is 33.8 Å². The van der Waals surface area contributed by atoms with Crippen LogP contribution >= 0.6 is 0 Å². The highest BCUT2D eigenvalue weighted by Gasteiger charge is 2.31. The molecule has 1 saturated heterocycles. The monoisotopic (exact) mass is 513 g/mol.